The smallest absolute Gasteiger partial charge is 0.393 e. The number of hydrogen-bond acceptors (Lipinski definition) is 7. The molecule has 2 N–H and O–H groups in total. The first kappa shape index (κ1) is 26.3. The van der Waals surface area contributed by atoms with Crippen molar-refractivity contribution in [1.29, 1.82) is 0 Å². The lowest BCUT2D eigenvalue weighted by atomic mass is 9.79. The Labute approximate surface area is 217 Å². The zero-order chi connectivity index (χ0) is 26.9. The molecule has 1 amide bonds. The molecule has 0 bridgehead atoms. The third-order valence-electron chi connectivity index (χ3n) is 7.27. The number of aliphatic hydroxyl groups excluding tert-OH is 1. The summed E-state index contributed by atoms with van der Waals surface area (Å²) in [5.74, 6) is -0.169. The number of amides is 1. The van der Waals surface area contributed by atoms with Crippen LogP contribution in [0.4, 0.5) is 18.9 Å². The number of carbonyl (C=O) groups is 1. The van der Waals surface area contributed by atoms with Crippen LogP contribution in [0.2, 0.25) is 0 Å². The Bertz CT molecular complexity index is 1260. The van der Waals surface area contributed by atoms with Gasteiger partial charge in [-0.3, -0.25) is 14.7 Å². The molecule has 38 heavy (non-hydrogen) atoms. The molecule has 3 aromatic rings. The maximum atomic E-state index is 12.9. The average molecular weight is 531 g/mol. The Balaban J connectivity index is 1.28. The summed E-state index contributed by atoms with van der Waals surface area (Å²) in [6, 6.07) is 6.08. The summed E-state index contributed by atoms with van der Waals surface area (Å²) in [6.45, 7) is 4.77. The van der Waals surface area contributed by atoms with Gasteiger partial charge in [-0.1, -0.05) is 0 Å². The van der Waals surface area contributed by atoms with Gasteiger partial charge in [0, 0.05) is 36.9 Å². The van der Waals surface area contributed by atoms with Crippen LogP contribution in [0.1, 0.15) is 52.5 Å². The highest BCUT2D eigenvalue weighted by Gasteiger charge is 2.36. The minimum absolute atomic E-state index is 0.0818. The minimum atomic E-state index is -4.49. The van der Waals surface area contributed by atoms with Crippen LogP contribution in [0, 0.1) is 6.92 Å². The Hall–Kier alpha value is -3.35. The Morgan fingerprint density at radius 2 is 1.87 bits per heavy atom. The fourth-order valence-corrected chi connectivity index (χ4v) is 5.24. The predicted molar refractivity (Wildman–Crippen MR) is 132 cm³/mol. The van der Waals surface area contributed by atoms with Crippen LogP contribution >= 0.6 is 0 Å². The van der Waals surface area contributed by atoms with Crippen molar-refractivity contribution in [2.75, 3.05) is 31.6 Å². The van der Waals surface area contributed by atoms with E-state index in [1.807, 2.05) is 6.07 Å². The fourth-order valence-electron chi connectivity index (χ4n) is 5.24. The summed E-state index contributed by atoms with van der Waals surface area (Å²) in [4.78, 5) is 23.8. The van der Waals surface area contributed by atoms with Gasteiger partial charge in [0.15, 0.2) is 5.82 Å². The van der Waals surface area contributed by atoms with Crippen LogP contribution in [-0.2, 0) is 10.9 Å². The van der Waals surface area contributed by atoms with E-state index >= 15 is 0 Å². The van der Waals surface area contributed by atoms with Crippen molar-refractivity contribution in [1.82, 2.24) is 24.6 Å². The molecule has 12 heteroatoms. The van der Waals surface area contributed by atoms with Gasteiger partial charge in [0.1, 0.15) is 0 Å². The molecule has 4 heterocycles. The molecule has 5 rings (SSSR count). The van der Waals surface area contributed by atoms with Crippen molar-refractivity contribution in [2.24, 2.45) is 0 Å². The highest BCUT2D eigenvalue weighted by Crippen LogP contribution is 2.36. The second-order valence-electron chi connectivity index (χ2n) is 9.67. The van der Waals surface area contributed by atoms with Crippen molar-refractivity contribution in [3.05, 3.63) is 65.4 Å². The van der Waals surface area contributed by atoms with E-state index in [4.69, 9.17) is 4.74 Å². The normalized spacial score (nSPS) is 22.8. The van der Waals surface area contributed by atoms with Gasteiger partial charge in [-0.2, -0.15) is 18.3 Å². The summed E-state index contributed by atoms with van der Waals surface area (Å²) in [6.07, 6.45) is 1.13. The van der Waals surface area contributed by atoms with Crippen LogP contribution < -0.4 is 5.32 Å². The molecule has 0 radical (unpaired) electrons. The van der Waals surface area contributed by atoms with Crippen molar-refractivity contribution >= 4 is 11.6 Å². The van der Waals surface area contributed by atoms with Crippen molar-refractivity contribution in [2.45, 2.75) is 50.4 Å². The van der Waals surface area contributed by atoms with Crippen LogP contribution in [-0.4, -0.2) is 74.1 Å². The summed E-state index contributed by atoms with van der Waals surface area (Å²) in [7, 11) is 0. The molecule has 0 aromatic carbocycles. The summed E-state index contributed by atoms with van der Waals surface area (Å²) in [5, 5.41) is 17.3. The molecule has 1 saturated heterocycles. The largest absolute Gasteiger partial charge is 0.417 e. The van der Waals surface area contributed by atoms with Gasteiger partial charge in [0.25, 0.3) is 5.91 Å². The summed E-state index contributed by atoms with van der Waals surface area (Å²) in [5.41, 5.74) is 1.20. The van der Waals surface area contributed by atoms with Gasteiger partial charge >= 0.3 is 6.18 Å². The zero-order valence-electron chi connectivity index (χ0n) is 20.9. The fraction of sp³-hybridized carbons (Fsp3) is 0.462. The maximum absolute atomic E-state index is 12.9. The third kappa shape index (κ3) is 5.57. The molecular formula is C26H29F3N6O3. The van der Waals surface area contributed by atoms with Gasteiger partial charge < -0.3 is 15.2 Å². The van der Waals surface area contributed by atoms with Crippen LogP contribution in [0.25, 0.3) is 5.82 Å². The number of halogens is 3. The van der Waals surface area contributed by atoms with Crippen molar-refractivity contribution < 1.29 is 27.8 Å². The number of rotatable bonds is 5. The first-order valence-corrected chi connectivity index (χ1v) is 12.6. The molecule has 1 saturated carbocycles. The number of ether oxygens (including phenoxy) is 1. The van der Waals surface area contributed by atoms with Gasteiger partial charge in [-0.15, -0.1) is 0 Å². The number of pyridine rings is 2. The first-order chi connectivity index (χ1) is 18.2. The molecule has 1 aliphatic heterocycles. The van der Waals surface area contributed by atoms with Crippen molar-refractivity contribution in [3.8, 4) is 5.82 Å². The number of aromatic nitrogens is 4. The molecule has 1 aliphatic carbocycles. The number of alkyl halides is 3. The Morgan fingerprint density at radius 3 is 2.53 bits per heavy atom. The number of anilines is 1. The molecule has 3 atom stereocenters. The number of hydrogen-bond donors (Lipinski definition) is 2. The minimum Gasteiger partial charge on any atom is -0.393 e. The standard InChI is InChI=1S/C26H29F3N6O3/c1-16-21(15-32-35(16)24-7-2-17(13-31-24)26(27,28)29)25(37)33-18-3-5-22(30-14-18)20-12-19(36)4-6-23(20)34-8-10-38-11-9-34/h2-3,5,7,13-15,19-20,23,36H,4,6,8-12H2,1H3,(H,33,37). The molecule has 2 fully saturated rings. The molecule has 3 aromatic heterocycles. The van der Waals surface area contributed by atoms with Gasteiger partial charge in [0.05, 0.1) is 54.2 Å². The first-order valence-electron chi connectivity index (χ1n) is 12.6. The predicted octanol–water partition coefficient (Wildman–Crippen LogP) is 3.57. The quantitative estimate of drug-likeness (QED) is 0.520. The van der Waals surface area contributed by atoms with E-state index in [1.54, 1.807) is 19.2 Å². The Kier molecular flexibility index (Phi) is 7.46. The average Bonchev–Trinajstić information content (AvgIpc) is 3.30. The highest BCUT2D eigenvalue weighted by molar-refractivity contribution is 6.04. The lowest BCUT2D eigenvalue weighted by Gasteiger charge is -2.42. The van der Waals surface area contributed by atoms with E-state index < -0.39 is 17.6 Å². The number of nitrogens with zero attached hydrogens (tertiary/aromatic N) is 5. The molecule has 0 spiro atoms. The number of nitrogens with one attached hydrogen (secondary N) is 1. The SMILES string of the molecule is Cc1c(C(=O)Nc2ccc(C3CC(O)CCC3N3CCOCC3)nc2)cnn1-c1ccc(C(F)(F)F)cn1. The van der Waals surface area contributed by atoms with Crippen LogP contribution in [0.15, 0.2) is 42.9 Å². The molecule has 3 unspecified atom stereocenters. The monoisotopic (exact) mass is 530 g/mol. The Morgan fingerprint density at radius 1 is 1.08 bits per heavy atom. The zero-order valence-corrected chi connectivity index (χ0v) is 20.9. The van der Waals surface area contributed by atoms with Crippen LogP contribution in [0.3, 0.4) is 0 Å². The third-order valence-corrected chi connectivity index (χ3v) is 7.27. The van der Waals surface area contributed by atoms with E-state index in [0.29, 0.717) is 31.0 Å². The van der Waals surface area contributed by atoms with Crippen molar-refractivity contribution in [3.63, 3.8) is 0 Å². The molecule has 9 nitrogen and oxygen atoms in total. The second kappa shape index (κ2) is 10.8. The molecular weight excluding hydrogens is 501 g/mol. The lowest BCUT2D eigenvalue weighted by molar-refractivity contribution is -0.137. The van der Waals surface area contributed by atoms with Gasteiger partial charge in [0.2, 0.25) is 0 Å². The van der Waals surface area contributed by atoms with Gasteiger partial charge in [-0.05, 0) is 50.5 Å². The maximum Gasteiger partial charge on any atom is 0.417 e. The van der Waals surface area contributed by atoms with E-state index in [2.05, 4.69) is 25.3 Å². The number of carbonyl (C=O) groups excluding carboxylic acids is 1. The number of aliphatic hydroxyl groups is 1. The molecule has 202 valence electrons. The summed E-state index contributed by atoms with van der Waals surface area (Å²) >= 11 is 0. The summed E-state index contributed by atoms with van der Waals surface area (Å²) < 4.78 is 45.3. The van der Waals surface area contributed by atoms with E-state index in [0.717, 1.165) is 43.9 Å². The lowest BCUT2D eigenvalue weighted by Crippen LogP contribution is -2.49. The molecule has 2 aliphatic rings. The van der Waals surface area contributed by atoms with E-state index in [-0.39, 0.29) is 29.4 Å². The van der Waals surface area contributed by atoms with E-state index in [1.165, 1.54) is 16.9 Å². The van der Waals surface area contributed by atoms with Gasteiger partial charge in [-0.25, -0.2) is 9.67 Å². The topological polar surface area (TPSA) is 105 Å². The number of morpholine rings is 1. The second-order valence-corrected chi connectivity index (χ2v) is 9.67. The highest BCUT2D eigenvalue weighted by atomic mass is 19.4. The van der Waals surface area contributed by atoms with Crippen LogP contribution in [0.5, 0.6) is 0 Å². The van der Waals surface area contributed by atoms with E-state index in [9.17, 15) is 23.1 Å².